The lowest BCUT2D eigenvalue weighted by Crippen LogP contribution is -2.26. The van der Waals surface area contributed by atoms with Gasteiger partial charge in [-0.15, -0.1) is 0 Å². The molecule has 2 heteroatoms. The number of rotatable bonds is 4. The third-order valence-electron chi connectivity index (χ3n) is 9.20. The molecule has 0 atom stereocenters. The molecule has 0 aliphatic rings. The van der Waals surface area contributed by atoms with E-state index >= 15 is 0 Å². The third-order valence-corrected chi connectivity index (χ3v) is 9.20. The zero-order valence-corrected chi connectivity index (χ0v) is 29.5. The Balaban J connectivity index is 2.26. The van der Waals surface area contributed by atoms with Crippen LogP contribution in [-0.4, -0.2) is 10.2 Å². The van der Waals surface area contributed by atoms with Gasteiger partial charge in [0.2, 0.25) is 0 Å². The molecule has 2 nitrogen and oxygen atoms in total. The van der Waals surface area contributed by atoms with Gasteiger partial charge in [0.05, 0.1) is 0 Å². The largest absolute Gasteiger partial charge is 0.507 e. The molecule has 230 valence electrons. The van der Waals surface area contributed by atoms with Crippen molar-refractivity contribution in [2.24, 2.45) is 0 Å². The van der Waals surface area contributed by atoms with Crippen molar-refractivity contribution in [1.29, 1.82) is 0 Å². The van der Waals surface area contributed by atoms with E-state index in [1.807, 2.05) is 0 Å². The van der Waals surface area contributed by atoms with E-state index in [4.69, 9.17) is 0 Å². The van der Waals surface area contributed by atoms with Crippen LogP contribution in [0.2, 0.25) is 0 Å². The van der Waals surface area contributed by atoms with Crippen LogP contribution in [0.4, 0.5) is 0 Å². The summed E-state index contributed by atoms with van der Waals surface area (Å²) in [4.78, 5) is 0. The molecule has 0 bridgehead atoms. The number of hydrogen-bond acceptors (Lipinski definition) is 2. The van der Waals surface area contributed by atoms with Gasteiger partial charge in [0.15, 0.2) is 0 Å². The van der Waals surface area contributed by atoms with Crippen molar-refractivity contribution in [3.05, 3.63) is 93.0 Å². The topological polar surface area (TPSA) is 40.5 Å². The molecule has 3 aromatic carbocycles. The summed E-state index contributed by atoms with van der Waals surface area (Å²) < 4.78 is 0. The highest BCUT2D eigenvalue weighted by Crippen LogP contribution is 2.46. The number of aromatic hydroxyl groups is 2. The average molecular weight is 571 g/mol. The van der Waals surface area contributed by atoms with Crippen molar-refractivity contribution in [2.45, 2.75) is 143 Å². The lowest BCUT2D eigenvalue weighted by molar-refractivity contribution is 0.420. The number of benzene rings is 3. The van der Waals surface area contributed by atoms with E-state index in [0.29, 0.717) is 11.5 Å². The number of phenols is 2. The van der Waals surface area contributed by atoms with Crippen molar-refractivity contribution in [2.75, 3.05) is 0 Å². The molecule has 0 aliphatic heterocycles. The van der Waals surface area contributed by atoms with Crippen LogP contribution in [0.25, 0.3) is 0 Å². The van der Waals surface area contributed by atoms with Gasteiger partial charge in [0.1, 0.15) is 11.5 Å². The highest BCUT2D eigenvalue weighted by Gasteiger charge is 2.34. The van der Waals surface area contributed by atoms with Gasteiger partial charge in [-0.1, -0.05) is 159 Å². The molecule has 3 rings (SSSR count). The van der Waals surface area contributed by atoms with Gasteiger partial charge in [-0.3, -0.25) is 0 Å². The summed E-state index contributed by atoms with van der Waals surface area (Å²) in [6.45, 7) is 35.2. The second-order valence-electron chi connectivity index (χ2n) is 17.7. The summed E-state index contributed by atoms with van der Waals surface area (Å²) >= 11 is 0. The molecule has 0 spiro atoms. The lowest BCUT2D eigenvalue weighted by Gasteiger charge is -2.35. The van der Waals surface area contributed by atoms with E-state index in [-0.39, 0.29) is 32.5 Å². The first-order chi connectivity index (χ1) is 18.7. The van der Waals surface area contributed by atoms with Gasteiger partial charge in [-0.25, -0.2) is 0 Å². The van der Waals surface area contributed by atoms with Crippen LogP contribution in [0.3, 0.4) is 0 Å². The van der Waals surface area contributed by atoms with E-state index in [1.165, 1.54) is 22.3 Å². The van der Waals surface area contributed by atoms with Crippen LogP contribution >= 0.6 is 0 Å². The molecule has 0 saturated heterocycles. The van der Waals surface area contributed by atoms with Crippen molar-refractivity contribution >= 4 is 0 Å². The molecule has 0 unspecified atom stereocenters. The van der Waals surface area contributed by atoms with Gasteiger partial charge in [0.25, 0.3) is 0 Å². The quantitative estimate of drug-likeness (QED) is 0.327. The minimum atomic E-state index is -0.290. The Bertz CT molecular complexity index is 1280. The highest BCUT2D eigenvalue weighted by molar-refractivity contribution is 5.56. The zero-order chi connectivity index (χ0) is 32.4. The number of hydrogen-bond donors (Lipinski definition) is 2. The molecule has 0 aromatic heterocycles. The van der Waals surface area contributed by atoms with Crippen LogP contribution < -0.4 is 0 Å². The first-order valence-electron chi connectivity index (χ1n) is 15.6. The van der Waals surface area contributed by atoms with Crippen molar-refractivity contribution in [1.82, 2.24) is 0 Å². The molecule has 0 radical (unpaired) electrons. The standard InChI is InChI=1S/C40H58O2/c1-35(2,3)29-21-27(22-30(33(29)41)36(4,5)6)39(13,14)25-18-17-19-26(20-25)40(15,16)28-23-31(37(7,8)9)34(42)32(24-28)38(10,11)12/h17-24,41-42H,1-16H3. The molecule has 0 fully saturated rings. The molecule has 0 amide bonds. The monoisotopic (exact) mass is 570 g/mol. The Hall–Kier alpha value is -2.74. The predicted molar refractivity (Wildman–Crippen MR) is 182 cm³/mol. The van der Waals surface area contributed by atoms with Gasteiger partial charge >= 0.3 is 0 Å². The zero-order valence-electron chi connectivity index (χ0n) is 29.5. The van der Waals surface area contributed by atoms with Crippen LogP contribution in [0, 0.1) is 0 Å². The molecule has 0 heterocycles. The fourth-order valence-electron chi connectivity index (χ4n) is 5.91. The van der Waals surface area contributed by atoms with E-state index in [9.17, 15) is 10.2 Å². The SMILES string of the molecule is CC(C)(C)c1cc(C(C)(C)c2cccc(C(C)(C)c3cc(C(C)(C)C)c(O)c(C(C)(C)C)c3)c2)cc(C(C)(C)C)c1O. The van der Waals surface area contributed by atoms with Crippen LogP contribution in [0.5, 0.6) is 11.5 Å². The Morgan fingerprint density at radius 2 is 0.595 bits per heavy atom. The predicted octanol–water partition coefficient (Wildman–Crippen LogP) is 10.9. The Labute approximate surface area is 257 Å². The molecular weight excluding hydrogens is 512 g/mol. The molecule has 2 N–H and O–H groups in total. The second-order valence-corrected chi connectivity index (χ2v) is 17.7. The third kappa shape index (κ3) is 6.43. The summed E-state index contributed by atoms with van der Waals surface area (Å²) in [5.41, 5.74) is 7.53. The Kier molecular flexibility index (Phi) is 8.41. The Morgan fingerprint density at radius 1 is 0.357 bits per heavy atom. The smallest absolute Gasteiger partial charge is 0.123 e. The summed E-state index contributed by atoms with van der Waals surface area (Å²) in [6.07, 6.45) is 0. The van der Waals surface area contributed by atoms with E-state index in [1.54, 1.807) is 0 Å². The van der Waals surface area contributed by atoms with Gasteiger partial charge in [-0.2, -0.15) is 0 Å². The second kappa shape index (κ2) is 10.5. The van der Waals surface area contributed by atoms with E-state index in [0.717, 1.165) is 22.3 Å². The molecule has 3 aromatic rings. The van der Waals surface area contributed by atoms with E-state index < -0.39 is 0 Å². The fourth-order valence-corrected chi connectivity index (χ4v) is 5.91. The summed E-state index contributed by atoms with van der Waals surface area (Å²) in [7, 11) is 0. The first-order valence-corrected chi connectivity index (χ1v) is 15.6. The summed E-state index contributed by atoms with van der Waals surface area (Å²) in [5.74, 6) is 0.835. The lowest BCUT2D eigenvalue weighted by atomic mass is 9.69. The maximum absolute atomic E-state index is 11.4. The van der Waals surface area contributed by atoms with Gasteiger partial charge in [0, 0.05) is 10.8 Å². The van der Waals surface area contributed by atoms with Crippen molar-refractivity contribution in [3.8, 4) is 11.5 Å². The highest BCUT2D eigenvalue weighted by atomic mass is 16.3. The molecule has 0 saturated carbocycles. The number of phenolic OH excluding ortho intramolecular Hbond substituents is 2. The van der Waals surface area contributed by atoms with Crippen LogP contribution in [0.15, 0.2) is 48.5 Å². The molecule has 42 heavy (non-hydrogen) atoms. The maximum Gasteiger partial charge on any atom is 0.123 e. The van der Waals surface area contributed by atoms with Crippen LogP contribution in [0.1, 0.15) is 155 Å². The maximum atomic E-state index is 11.4. The fraction of sp³-hybridized carbons (Fsp3) is 0.550. The van der Waals surface area contributed by atoms with Crippen molar-refractivity contribution in [3.63, 3.8) is 0 Å². The van der Waals surface area contributed by atoms with Gasteiger partial charge < -0.3 is 10.2 Å². The van der Waals surface area contributed by atoms with Gasteiger partial charge in [-0.05, 0) is 66.2 Å². The normalized spacial score (nSPS) is 13.9. The van der Waals surface area contributed by atoms with E-state index in [2.05, 4.69) is 159 Å². The van der Waals surface area contributed by atoms with Crippen molar-refractivity contribution < 1.29 is 10.2 Å². The summed E-state index contributed by atoms with van der Waals surface area (Å²) in [5, 5.41) is 22.7. The first kappa shape index (κ1) is 33.8. The minimum absolute atomic E-state index is 0.186. The average Bonchev–Trinajstić information content (AvgIpc) is 2.81. The minimum Gasteiger partial charge on any atom is -0.507 e. The molecular formula is C40H58O2. The molecule has 0 aliphatic carbocycles. The Morgan fingerprint density at radius 3 is 0.810 bits per heavy atom. The van der Waals surface area contributed by atoms with Crippen LogP contribution in [-0.2, 0) is 32.5 Å². The summed E-state index contributed by atoms with van der Waals surface area (Å²) in [6, 6.07) is 17.9.